The molecule has 1 aliphatic heterocycles. The normalized spacial score (nSPS) is 19.9. The molecule has 1 heterocycles. The van der Waals surface area contributed by atoms with Crippen LogP contribution < -0.4 is 0 Å². The molecule has 0 spiro atoms. The van der Waals surface area contributed by atoms with Crippen LogP contribution in [0.15, 0.2) is 29.2 Å². The van der Waals surface area contributed by atoms with E-state index in [-0.39, 0.29) is 16.8 Å². The molecule has 2 rings (SSSR count). The topological polar surface area (TPSA) is 70.4 Å². The van der Waals surface area contributed by atoms with Crippen LogP contribution in [0, 0.1) is 11.3 Å². The van der Waals surface area contributed by atoms with Crippen molar-refractivity contribution in [2.45, 2.75) is 17.4 Å². The summed E-state index contributed by atoms with van der Waals surface area (Å²) in [7, 11) is -1.61. The Bertz CT molecular complexity index is 590. The monoisotopic (exact) mass is 294 g/mol. The van der Waals surface area contributed by atoms with E-state index in [2.05, 4.69) is 4.90 Å². The van der Waals surface area contributed by atoms with Crippen molar-refractivity contribution in [3.8, 4) is 6.07 Å². The predicted molar refractivity (Wildman–Crippen MR) is 75.1 cm³/mol. The predicted octanol–water partition coefficient (Wildman–Crippen LogP) is 1.05. The van der Waals surface area contributed by atoms with Gasteiger partial charge in [-0.3, -0.25) is 4.90 Å². The zero-order valence-electron chi connectivity index (χ0n) is 11.4. The van der Waals surface area contributed by atoms with E-state index >= 15 is 0 Å². The Balaban J connectivity index is 1.95. The van der Waals surface area contributed by atoms with E-state index in [9.17, 15) is 8.42 Å². The summed E-state index contributed by atoms with van der Waals surface area (Å²) < 4.78 is 29.7. The molecule has 0 radical (unpaired) electrons. The van der Waals surface area contributed by atoms with Gasteiger partial charge in [0.05, 0.1) is 28.4 Å². The summed E-state index contributed by atoms with van der Waals surface area (Å²) in [5.74, 6) is 0.0926. The van der Waals surface area contributed by atoms with Gasteiger partial charge in [-0.15, -0.1) is 0 Å². The highest BCUT2D eigenvalue weighted by atomic mass is 32.2. The minimum Gasteiger partial charge on any atom is -0.380 e. The number of nitriles is 1. The summed E-state index contributed by atoms with van der Waals surface area (Å²) in [5.41, 5.74) is 0.464. The molecule has 0 amide bonds. The first kappa shape index (κ1) is 15.0. The molecule has 0 bridgehead atoms. The van der Waals surface area contributed by atoms with Crippen molar-refractivity contribution >= 4 is 9.84 Å². The van der Waals surface area contributed by atoms with Gasteiger partial charge in [-0.1, -0.05) is 0 Å². The van der Waals surface area contributed by atoms with Crippen LogP contribution in [0.5, 0.6) is 0 Å². The molecule has 1 atom stereocenters. The number of benzene rings is 1. The maximum absolute atomic E-state index is 12.2. The summed E-state index contributed by atoms with van der Waals surface area (Å²) in [6, 6.07) is 8.03. The molecule has 1 aliphatic rings. The molecule has 1 aromatic carbocycles. The SMILES string of the molecule is COC1CCN(CCS(=O)(=O)c2ccc(C#N)cc2)C1. The van der Waals surface area contributed by atoms with Crippen LogP contribution in [0.2, 0.25) is 0 Å². The third kappa shape index (κ3) is 3.57. The van der Waals surface area contributed by atoms with Gasteiger partial charge < -0.3 is 4.74 Å². The van der Waals surface area contributed by atoms with Crippen LogP contribution in [-0.2, 0) is 14.6 Å². The Morgan fingerprint density at radius 2 is 2.10 bits per heavy atom. The molecule has 1 fully saturated rings. The third-order valence-corrected chi connectivity index (χ3v) is 5.29. The van der Waals surface area contributed by atoms with Gasteiger partial charge in [-0.25, -0.2) is 8.42 Å². The van der Waals surface area contributed by atoms with Crippen molar-refractivity contribution in [1.29, 1.82) is 5.26 Å². The quantitative estimate of drug-likeness (QED) is 0.812. The minimum atomic E-state index is -3.29. The Kier molecular flexibility index (Phi) is 4.76. The molecular formula is C14H18N2O3S. The summed E-state index contributed by atoms with van der Waals surface area (Å²) >= 11 is 0. The first-order chi connectivity index (χ1) is 9.55. The molecule has 5 nitrogen and oxygen atoms in total. The fourth-order valence-corrected chi connectivity index (χ4v) is 3.58. The van der Waals surface area contributed by atoms with E-state index in [4.69, 9.17) is 10.00 Å². The van der Waals surface area contributed by atoms with Crippen LogP contribution in [0.1, 0.15) is 12.0 Å². The molecule has 1 saturated heterocycles. The molecule has 0 N–H and O–H groups in total. The molecular weight excluding hydrogens is 276 g/mol. The molecule has 6 heteroatoms. The number of hydrogen-bond donors (Lipinski definition) is 0. The van der Waals surface area contributed by atoms with Crippen molar-refractivity contribution < 1.29 is 13.2 Å². The van der Waals surface area contributed by atoms with E-state index in [1.165, 1.54) is 24.3 Å². The van der Waals surface area contributed by atoms with Crippen LogP contribution in [0.25, 0.3) is 0 Å². The Hall–Kier alpha value is -1.42. The molecule has 20 heavy (non-hydrogen) atoms. The fraction of sp³-hybridized carbons (Fsp3) is 0.500. The number of rotatable bonds is 5. The van der Waals surface area contributed by atoms with E-state index < -0.39 is 9.84 Å². The van der Waals surface area contributed by atoms with Crippen LogP contribution >= 0.6 is 0 Å². The van der Waals surface area contributed by atoms with Gasteiger partial charge in [-0.2, -0.15) is 5.26 Å². The number of hydrogen-bond acceptors (Lipinski definition) is 5. The van der Waals surface area contributed by atoms with Gasteiger partial charge >= 0.3 is 0 Å². The molecule has 0 aromatic heterocycles. The van der Waals surface area contributed by atoms with E-state index in [1.54, 1.807) is 7.11 Å². The van der Waals surface area contributed by atoms with Gasteiger partial charge in [0.15, 0.2) is 9.84 Å². The van der Waals surface area contributed by atoms with Gasteiger partial charge in [0.25, 0.3) is 0 Å². The van der Waals surface area contributed by atoms with Gasteiger partial charge in [-0.05, 0) is 30.7 Å². The molecule has 0 aliphatic carbocycles. The standard InChI is InChI=1S/C14H18N2O3S/c1-19-13-6-7-16(11-13)8-9-20(17,18)14-4-2-12(10-15)3-5-14/h2-5,13H,6-9,11H2,1H3. The first-order valence-electron chi connectivity index (χ1n) is 6.53. The van der Waals surface area contributed by atoms with Crippen LogP contribution in [0.4, 0.5) is 0 Å². The Morgan fingerprint density at radius 1 is 1.40 bits per heavy atom. The molecule has 1 aromatic rings. The number of nitrogens with zero attached hydrogens (tertiary/aromatic N) is 2. The number of ether oxygens (including phenoxy) is 1. The van der Waals surface area contributed by atoms with Gasteiger partial charge in [0.2, 0.25) is 0 Å². The second-order valence-corrected chi connectivity index (χ2v) is 7.01. The van der Waals surface area contributed by atoms with Gasteiger partial charge in [0.1, 0.15) is 0 Å². The Labute approximate surface area is 119 Å². The summed E-state index contributed by atoms with van der Waals surface area (Å²) in [4.78, 5) is 2.38. The highest BCUT2D eigenvalue weighted by molar-refractivity contribution is 7.91. The molecule has 0 saturated carbocycles. The zero-order valence-corrected chi connectivity index (χ0v) is 12.3. The first-order valence-corrected chi connectivity index (χ1v) is 8.18. The van der Waals surface area contributed by atoms with Crippen LogP contribution in [0.3, 0.4) is 0 Å². The van der Waals surface area contributed by atoms with E-state index in [0.717, 1.165) is 19.5 Å². The second kappa shape index (κ2) is 6.35. The van der Waals surface area contributed by atoms with E-state index in [0.29, 0.717) is 12.1 Å². The average Bonchev–Trinajstić information content (AvgIpc) is 2.93. The largest absolute Gasteiger partial charge is 0.380 e. The zero-order chi connectivity index (χ0) is 14.6. The van der Waals surface area contributed by atoms with Crippen molar-refractivity contribution in [3.05, 3.63) is 29.8 Å². The van der Waals surface area contributed by atoms with Crippen molar-refractivity contribution in [1.82, 2.24) is 4.90 Å². The summed E-state index contributed by atoms with van der Waals surface area (Å²) in [6.07, 6.45) is 1.17. The second-order valence-electron chi connectivity index (χ2n) is 4.90. The molecule has 1 unspecified atom stereocenters. The smallest absolute Gasteiger partial charge is 0.179 e. The van der Waals surface area contributed by atoms with Crippen molar-refractivity contribution in [2.24, 2.45) is 0 Å². The fourth-order valence-electron chi connectivity index (χ4n) is 2.30. The summed E-state index contributed by atoms with van der Waals surface area (Å²) in [6.45, 7) is 2.18. The Morgan fingerprint density at radius 3 is 2.65 bits per heavy atom. The third-order valence-electron chi connectivity index (χ3n) is 3.58. The number of likely N-dealkylation sites (tertiary alicyclic amines) is 1. The van der Waals surface area contributed by atoms with Gasteiger partial charge in [0, 0.05) is 26.7 Å². The van der Waals surface area contributed by atoms with E-state index in [1.807, 2.05) is 6.07 Å². The number of methoxy groups -OCH3 is 1. The van der Waals surface area contributed by atoms with Crippen molar-refractivity contribution in [3.63, 3.8) is 0 Å². The number of sulfone groups is 1. The lowest BCUT2D eigenvalue weighted by molar-refractivity contribution is 0.109. The lowest BCUT2D eigenvalue weighted by atomic mass is 10.2. The summed E-state index contributed by atoms with van der Waals surface area (Å²) in [5, 5.41) is 8.71. The van der Waals surface area contributed by atoms with Crippen molar-refractivity contribution in [2.75, 3.05) is 32.5 Å². The highest BCUT2D eigenvalue weighted by Crippen LogP contribution is 2.15. The maximum Gasteiger partial charge on any atom is 0.179 e. The lowest BCUT2D eigenvalue weighted by Crippen LogP contribution is -2.28. The molecule has 108 valence electrons. The van der Waals surface area contributed by atoms with Crippen LogP contribution in [-0.4, -0.2) is 51.9 Å². The average molecular weight is 294 g/mol. The minimum absolute atomic E-state index is 0.0926. The maximum atomic E-state index is 12.2. The lowest BCUT2D eigenvalue weighted by Gasteiger charge is -2.15. The highest BCUT2D eigenvalue weighted by Gasteiger charge is 2.24.